The maximum Gasteiger partial charge on any atom is 0.276 e. The molecule has 1 N–H and O–H groups in total. The van der Waals surface area contributed by atoms with Gasteiger partial charge in [0.15, 0.2) is 5.82 Å². The monoisotopic (exact) mass is 325 g/mol. The predicted molar refractivity (Wildman–Crippen MR) is 85.4 cm³/mol. The van der Waals surface area contributed by atoms with E-state index in [4.69, 9.17) is 4.52 Å². The third kappa shape index (κ3) is 3.43. The van der Waals surface area contributed by atoms with Crippen LogP contribution in [0.3, 0.4) is 0 Å². The van der Waals surface area contributed by atoms with Crippen LogP contribution < -0.4 is 5.32 Å². The Labute approximate surface area is 140 Å². The molecule has 2 aromatic rings. The summed E-state index contributed by atoms with van der Waals surface area (Å²) in [7, 11) is 0. The molecule has 0 saturated heterocycles. The summed E-state index contributed by atoms with van der Waals surface area (Å²) in [5, 5.41) is 16.1. The van der Waals surface area contributed by atoms with E-state index in [1.165, 1.54) is 0 Å². The summed E-state index contributed by atoms with van der Waals surface area (Å²) >= 11 is 0. The lowest BCUT2D eigenvalue weighted by Crippen LogP contribution is -2.42. The highest BCUT2D eigenvalue weighted by Gasteiger charge is 2.39. The van der Waals surface area contributed by atoms with E-state index in [1.807, 2.05) is 12.1 Å². The van der Waals surface area contributed by atoms with Crippen LogP contribution in [0.25, 0.3) is 11.6 Å². The van der Waals surface area contributed by atoms with Crippen LogP contribution in [-0.2, 0) is 11.2 Å². The number of rotatable bonds is 5. The van der Waals surface area contributed by atoms with Gasteiger partial charge in [-0.05, 0) is 25.0 Å². The lowest BCUT2D eigenvalue weighted by molar-refractivity contribution is -0.129. The molecular weight excluding hydrogens is 306 g/mol. The minimum absolute atomic E-state index is 0.182. The largest absolute Gasteiger partial charge is 0.354 e. The number of hydrogen-bond acceptors (Lipinski definition) is 6. The summed E-state index contributed by atoms with van der Waals surface area (Å²) in [5.41, 5.74) is -0.250. The van der Waals surface area contributed by atoms with Crippen molar-refractivity contribution in [3.8, 4) is 17.7 Å². The number of aromatic nitrogens is 3. The van der Waals surface area contributed by atoms with Crippen molar-refractivity contribution in [3.63, 3.8) is 0 Å². The average molecular weight is 325 g/mol. The predicted octanol–water partition coefficient (Wildman–Crippen LogP) is 2.26. The fraction of sp³-hybridized carbons (Fsp3) is 0.471. The maximum atomic E-state index is 12.4. The van der Waals surface area contributed by atoms with Crippen LogP contribution in [0.4, 0.5) is 0 Å². The highest BCUT2D eigenvalue weighted by Crippen LogP contribution is 2.35. The summed E-state index contributed by atoms with van der Waals surface area (Å²) in [6.45, 7) is 0.378. The second-order valence-electron chi connectivity index (χ2n) is 5.99. The average Bonchev–Trinajstić information content (AvgIpc) is 3.12. The Balaban J connectivity index is 1.54. The van der Waals surface area contributed by atoms with Gasteiger partial charge in [0.05, 0.1) is 6.07 Å². The highest BCUT2D eigenvalue weighted by molar-refractivity contribution is 5.85. The van der Waals surface area contributed by atoms with Gasteiger partial charge in [0.1, 0.15) is 11.1 Å². The van der Waals surface area contributed by atoms with E-state index in [-0.39, 0.29) is 5.91 Å². The molecule has 2 heterocycles. The first kappa shape index (κ1) is 16.1. The van der Waals surface area contributed by atoms with Crippen LogP contribution >= 0.6 is 0 Å². The van der Waals surface area contributed by atoms with Crippen molar-refractivity contribution in [1.29, 1.82) is 5.26 Å². The van der Waals surface area contributed by atoms with Gasteiger partial charge < -0.3 is 9.84 Å². The number of amides is 1. The van der Waals surface area contributed by atoms with Gasteiger partial charge in [0, 0.05) is 19.2 Å². The van der Waals surface area contributed by atoms with Crippen molar-refractivity contribution in [1.82, 2.24) is 20.4 Å². The standard InChI is InChI=1S/C17H19N5O2/c18-12-17(8-3-1-4-9-17)16(23)20-11-7-14-21-15(24-22-14)13-6-2-5-10-19-13/h2,5-6,10H,1,3-4,7-9,11H2,(H,20,23). The molecule has 0 aliphatic heterocycles. The van der Waals surface area contributed by atoms with Crippen molar-refractivity contribution in [2.24, 2.45) is 5.41 Å². The fourth-order valence-electron chi connectivity index (χ4n) is 2.95. The van der Waals surface area contributed by atoms with Crippen LogP contribution in [0.5, 0.6) is 0 Å². The fourth-order valence-corrected chi connectivity index (χ4v) is 2.95. The van der Waals surface area contributed by atoms with Gasteiger partial charge in [-0.1, -0.05) is 30.5 Å². The van der Waals surface area contributed by atoms with Crippen LogP contribution in [-0.4, -0.2) is 27.6 Å². The molecule has 124 valence electrons. The second kappa shape index (κ2) is 7.21. The summed E-state index contributed by atoms with van der Waals surface area (Å²) in [5.74, 6) is 0.682. The molecule has 0 aromatic carbocycles. The number of nitrogens with zero attached hydrogens (tertiary/aromatic N) is 4. The maximum absolute atomic E-state index is 12.4. The van der Waals surface area contributed by atoms with Gasteiger partial charge in [-0.25, -0.2) is 0 Å². The van der Waals surface area contributed by atoms with E-state index >= 15 is 0 Å². The second-order valence-corrected chi connectivity index (χ2v) is 5.99. The Morgan fingerprint density at radius 2 is 2.17 bits per heavy atom. The molecule has 0 bridgehead atoms. The van der Waals surface area contributed by atoms with E-state index in [0.29, 0.717) is 43.2 Å². The van der Waals surface area contributed by atoms with E-state index < -0.39 is 5.41 Å². The van der Waals surface area contributed by atoms with Crippen molar-refractivity contribution < 1.29 is 9.32 Å². The SMILES string of the molecule is N#CC1(C(=O)NCCc2noc(-c3ccccn3)n2)CCCCC1. The molecule has 0 atom stereocenters. The Kier molecular flexibility index (Phi) is 4.85. The number of nitrogens with one attached hydrogen (secondary N) is 1. The van der Waals surface area contributed by atoms with E-state index in [9.17, 15) is 10.1 Å². The molecule has 24 heavy (non-hydrogen) atoms. The first-order valence-electron chi connectivity index (χ1n) is 8.17. The number of carbonyl (C=O) groups excluding carboxylic acids is 1. The number of nitriles is 1. The molecule has 1 saturated carbocycles. The van der Waals surface area contributed by atoms with Gasteiger partial charge in [-0.15, -0.1) is 0 Å². The molecular formula is C17H19N5O2. The quantitative estimate of drug-likeness (QED) is 0.904. The van der Waals surface area contributed by atoms with Crippen LogP contribution in [0.2, 0.25) is 0 Å². The molecule has 7 heteroatoms. The first-order chi connectivity index (χ1) is 11.7. The Hall–Kier alpha value is -2.75. The van der Waals surface area contributed by atoms with Gasteiger partial charge in [-0.3, -0.25) is 9.78 Å². The molecule has 2 aromatic heterocycles. The minimum Gasteiger partial charge on any atom is -0.354 e. The zero-order valence-corrected chi connectivity index (χ0v) is 13.4. The summed E-state index contributed by atoms with van der Waals surface area (Å²) in [4.78, 5) is 20.8. The third-order valence-corrected chi connectivity index (χ3v) is 4.34. The Bertz CT molecular complexity index is 729. The Morgan fingerprint density at radius 1 is 1.33 bits per heavy atom. The lowest BCUT2D eigenvalue weighted by Gasteiger charge is -2.29. The van der Waals surface area contributed by atoms with Crippen LogP contribution in [0.1, 0.15) is 37.9 Å². The van der Waals surface area contributed by atoms with Crippen molar-refractivity contribution >= 4 is 5.91 Å². The number of carbonyl (C=O) groups is 1. The van der Waals surface area contributed by atoms with E-state index in [1.54, 1.807) is 12.3 Å². The molecule has 0 spiro atoms. The lowest BCUT2D eigenvalue weighted by atomic mass is 9.74. The van der Waals surface area contributed by atoms with Gasteiger partial charge in [0.2, 0.25) is 5.91 Å². The molecule has 0 radical (unpaired) electrons. The van der Waals surface area contributed by atoms with E-state index in [0.717, 1.165) is 19.3 Å². The summed E-state index contributed by atoms with van der Waals surface area (Å²) in [6, 6.07) is 7.67. The molecule has 0 unspecified atom stereocenters. The van der Waals surface area contributed by atoms with E-state index in [2.05, 4.69) is 26.5 Å². The summed E-state index contributed by atoms with van der Waals surface area (Å²) < 4.78 is 5.18. The first-order valence-corrected chi connectivity index (χ1v) is 8.17. The van der Waals surface area contributed by atoms with Crippen molar-refractivity contribution in [3.05, 3.63) is 30.2 Å². The van der Waals surface area contributed by atoms with Gasteiger partial charge in [-0.2, -0.15) is 10.2 Å². The Morgan fingerprint density at radius 3 is 2.88 bits per heavy atom. The molecule has 1 aliphatic carbocycles. The summed E-state index contributed by atoms with van der Waals surface area (Å²) in [6.07, 6.45) is 6.34. The molecule has 1 aliphatic rings. The van der Waals surface area contributed by atoms with Crippen molar-refractivity contribution in [2.75, 3.05) is 6.54 Å². The van der Waals surface area contributed by atoms with Gasteiger partial charge >= 0.3 is 0 Å². The minimum atomic E-state index is -0.866. The third-order valence-electron chi connectivity index (χ3n) is 4.34. The molecule has 1 fully saturated rings. The van der Waals surface area contributed by atoms with Crippen molar-refractivity contribution in [2.45, 2.75) is 38.5 Å². The van der Waals surface area contributed by atoms with Gasteiger partial charge in [0.25, 0.3) is 5.89 Å². The zero-order chi connectivity index (χ0) is 16.8. The number of pyridine rings is 1. The smallest absolute Gasteiger partial charge is 0.276 e. The highest BCUT2D eigenvalue weighted by atomic mass is 16.5. The topological polar surface area (TPSA) is 105 Å². The van der Waals surface area contributed by atoms with Crippen LogP contribution in [0.15, 0.2) is 28.9 Å². The van der Waals surface area contributed by atoms with Crippen LogP contribution in [0, 0.1) is 16.7 Å². The molecule has 3 rings (SSSR count). The number of hydrogen-bond donors (Lipinski definition) is 1. The normalized spacial score (nSPS) is 16.3. The molecule has 7 nitrogen and oxygen atoms in total. The zero-order valence-electron chi connectivity index (χ0n) is 13.4. The molecule has 1 amide bonds.